The van der Waals surface area contributed by atoms with E-state index in [2.05, 4.69) is 5.32 Å². The van der Waals surface area contributed by atoms with Crippen molar-refractivity contribution in [1.29, 1.82) is 0 Å². The Morgan fingerprint density at radius 2 is 1.81 bits per heavy atom. The molecule has 0 fully saturated rings. The first-order valence-electron chi connectivity index (χ1n) is 9.97. The number of nitrogens with zero attached hydrogens (tertiary/aromatic N) is 1. The number of hydrogen-bond acceptors (Lipinski definition) is 5. The number of carboxylic acids is 1. The molecule has 0 aliphatic carbocycles. The fraction of sp³-hybridized carbons (Fsp3) is 0.304. The number of aryl methyl sites for hydroxylation is 1. The Kier molecular flexibility index (Phi) is 7.46. The first-order valence-corrected chi connectivity index (χ1v) is 10.9. The summed E-state index contributed by atoms with van der Waals surface area (Å²) in [6, 6.07) is 15.6. The number of benzene rings is 2. The number of amides is 2. The smallest absolute Gasteiger partial charge is 0.323 e. The van der Waals surface area contributed by atoms with Gasteiger partial charge >= 0.3 is 5.97 Å². The summed E-state index contributed by atoms with van der Waals surface area (Å²) >= 11 is 0.926. The summed E-state index contributed by atoms with van der Waals surface area (Å²) < 4.78 is 0. The number of para-hydroxylation sites is 1. The molecule has 0 spiro atoms. The Morgan fingerprint density at radius 3 is 2.48 bits per heavy atom. The summed E-state index contributed by atoms with van der Waals surface area (Å²) in [4.78, 5) is 50.5. The van der Waals surface area contributed by atoms with Crippen molar-refractivity contribution in [3.63, 3.8) is 0 Å². The molecule has 2 aromatic rings. The standard InChI is InChI=1S/C23H24N2O5S/c1-15(26)31-20(13-16-7-3-2-4-8-16)22(29)24-18-12-11-17-9-5-6-10-19(17)25(23(18)30)14-21(27)28/h2-10,18,20H,11-14H2,1H3,(H,24,29)(H,27,28)/t18-,20-/m1/s1. The van der Waals surface area contributed by atoms with Crippen molar-refractivity contribution in [3.8, 4) is 0 Å². The first-order chi connectivity index (χ1) is 14.8. The highest BCUT2D eigenvalue weighted by atomic mass is 32.2. The van der Waals surface area contributed by atoms with Crippen LogP contribution in [0.5, 0.6) is 0 Å². The van der Waals surface area contributed by atoms with Crippen LogP contribution in [-0.4, -0.2) is 45.8 Å². The molecule has 31 heavy (non-hydrogen) atoms. The molecule has 2 N–H and O–H groups in total. The number of hydrogen-bond donors (Lipinski definition) is 2. The van der Waals surface area contributed by atoms with Gasteiger partial charge in [0.25, 0.3) is 0 Å². The van der Waals surface area contributed by atoms with Crippen molar-refractivity contribution in [2.24, 2.45) is 0 Å². The normalized spacial score (nSPS) is 16.7. The Hall–Kier alpha value is -3.13. The Balaban J connectivity index is 1.80. The molecule has 1 aliphatic heterocycles. The zero-order chi connectivity index (χ0) is 22.4. The van der Waals surface area contributed by atoms with Crippen LogP contribution in [0.25, 0.3) is 0 Å². The van der Waals surface area contributed by atoms with Gasteiger partial charge in [-0.2, -0.15) is 0 Å². The minimum atomic E-state index is -1.13. The Bertz CT molecular complexity index is 979. The highest BCUT2D eigenvalue weighted by molar-refractivity contribution is 8.14. The first kappa shape index (κ1) is 22.6. The van der Waals surface area contributed by atoms with Gasteiger partial charge in [0.2, 0.25) is 11.8 Å². The van der Waals surface area contributed by atoms with Gasteiger partial charge in [-0.1, -0.05) is 60.3 Å². The van der Waals surface area contributed by atoms with Gasteiger partial charge in [-0.25, -0.2) is 0 Å². The van der Waals surface area contributed by atoms with Crippen molar-refractivity contribution >= 4 is 40.3 Å². The molecule has 0 unspecified atom stereocenters. The second-order valence-electron chi connectivity index (χ2n) is 7.33. The van der Waals surface area contributed by atoms with Crippen LogP contribution < -0.4 is 10.2 Å². The predicted octanol–water partition coefficient (Wildman–Crippen LogP) is 2.43. The minimum Gasteiger partial charge on any atom is -0.480 e. The van der Waals surface area contributed by atoms with E-state index in [0.717, 1.165) is 22.9 Å². The van der Waals surface area contributed by atoms with Crippen molar-refractivity contribution in [2.75, 3.05) is 11.4 Å². The van der Waals surface area contributed by atoms with E-state index >= 15 is 0 Å². The maximum atomic E-state index is 13.2. The van der Waals surface area contributed by atoms with E-state index in [0.29, 0.717) is 24.9 Å². The largest absolute Gasteiger partial charge is 0.480 e. The highest BCUT2D eigenvalue weighted by Crippen LogP contribution is 2.27. The molecule has 0 radical (unpaired) electrons. The molecule has 2 atom stereocenters. The van der Waals surface area contributed by atoms with Crippen LogP contribution >= 0.6 is 11.8 Å². The number of nitrogens with one attached hydrogen (secondary N) is 1. The van der Waals surface area contributed by atoms with Crippen molar-refractivity contribution in [1.82, 2.24) is 5.32 Å². The summed E-state index contributed by atoms with van der Waals surface area (Å²) in [6.45, 7) is 0.913. The maximum Gasteiger partial charge on any atom is 0.323 e. The number of fused-ring (bicyclic) bond motifs is 1. The quantitative estimate of drug-likeness (QED) is 0.685. The molecule has 8 heteroatoms. The summed E-state index contributed by atoms with van der Waals surface area (Å²) in [5, 5.41) is 11.2. The van der Waals surface area contributed by atoms with Crippen LogP contribution in [0.2, 0.25) is 0 Å². The van der Waals surface area contributed by atoms with Gasteiger partial charge in [0.05, 0.1) is 5.25 Å². The average molecular weight is 441 g/mol. The van der Waals surface area contributed by atoms with E-state index in [4.69, 9.17) is 0 Å². The summed E-state index contributed by atoms with van der Waals surface area (Å²) in [5.74, 6) is -2.01. The lowest BCUT2D eigenvalue weighted by atomic mass is 10.1. The SMILES string of the molecule is CC(=O)S[C@H](Cc1ccccc1)C(=O)N[C@@H]1CCc2ccccc2N(CC(=O)O)C1=O. The third kappa shape index (κ3) is 5.95. The molecule has 162 valence electrons. The highest BCUT2D eigenvalue weighted by Gasteiger charge is 2.34. The van der Waals surface area contributed by atoms with E-state index in [9.17, 15) is 24.3 Å². The van der Waals surface area contributed by atoms with Crippen LogP contribution in [0.4, 0.5) is 5.69 Å². The molecular weight excluding hydrogens is 416 g/mol. The number of aliphatic carboxylic acids is 1. The van der Waals surface area contributed by atoms with Gasteiger partial charge < -0.3 is 10.4 Å². The lowest BCUT2D eigenvalue weighted by Crippen LogP contribution is -2.51. The van der Waals surface area contributed by atoms with Crippen LogP contribution in [0.1, 0.15) is 24.5 Å². The summed E-state index contributed by atoms with van der Waals surface area (Å²) in [6.07, 6.45) is 1.21. The van der Waals surface area contributed by atoms with Crippen LogP contribution in [-0.2, 0) is 32.0 Å². The van der Waals surface area contributed by atoms with Gasteiger partial charge in [0.15, 0.2) is 5.12 Å². The molecule has 2 amide bonds. The van der Waals surface area contributed by atoms with Crippen LogP contribution in [0, 0.1) is 0 Å². The molecule has 7 nitrogen and oxygen atoms in total. The second-order valence-corrected chi connectivity index (χ2v) is 8.71. The fourth-order valence-electron chi connectivity index (χ4n) is 3.63. The summed E-state index contributed by atoms with van der Waals surface area (Å²) in [5.41, 5.74) is 2.31. The average Bonchev–Trinajstić information content (AvgIpc) is 2.86. The molecule has 0 saturated carbocycles. The van der Waals surface area contributed by atoms with Crippen molar-refractivity contribution in [2.45, 2.75) is 37.5 Å². The third-order valence-corrected chi connectivity index (χ3v) is 6.02. The van der Waals surface area contributed by atoms with Gasteiger partial charge in [-0.05, 0) is 36.5 Å². The maximum absolute atomic E-state index is 13.2. The zero-order valence-electron chi connectivity index (χ0n) is 17.1. The van der Waals surface area contributed by atoms with Crippen molar-refractivity contribution in [3.05, 3.63) is 65.7 Å². The number of anilines is 1. The zero-order valence-corrected chi connectivity index (χ0v) is 17.9. The second kappa shape index (κ2) is 10.3. The lowest BCUT2D eigenvalue weighted by molar-refractivity contribution is -0.137. The number of carboxylic acid groups (broad SMARTS) is 1. The number of carbonyl (C=O) groups is 4. The molecule has 0 bridgehead atoms. The molecule has 0 saturated heterocycles. The topological polar surface area (TPSA) is 104 Å². The Labute approximate surface area is 184 Å². The van der Waals surface area contributed by atoms with Gasteiger partial charge in [0, 0.05) is 12.6 Å². The van der Waals surface area contributed by atoms with Crippen LogP contribution in [0.3, 0.4) is 0 Å². The number of rotatable bonds is 7. The molecule has 0 aromatic heterocycles. The van der Waals surface area contributed by atoms with E-state index in [1.165, 1.54) is 11.8 Å². The van der Waals surface area contributed by atoms with E-state index in [1.807, 2.05) is 42.5 Å². The third-order valence-electron chi connectivity index (χ3n) is 5.02. The molecular formula is C23H24N2O5S. The predicted molar refractivity (Wildman–Crippen MR) is 119 cm³/mol. The van der Waals surface area contributed by atoms with E-state index < -0.39 is 35.6 Å². The van der Waals surface area contributed by atoms with E-state index in [-0.39, 0.29) is 5.12 Å². The van der Waals surface area contributed by atoms with E-state index in [1.54, 1.807) is 12.1 Å². The molecule has 3 rings (SSSR count). The minimum absolute atomic E-state index is 0.191. The summed E-state index contributed by atoms with van der Waals surface area (Å²) in [7, 11) is 0. The van der Waals surface area contributed by atoms with Crippen LogP contribution in [0.15, 0.2) is 54.6 Å². The lowest BCUT2D eigenvalue weighted by Gasteiger charge is -2.26. The molecule has 1 aliphatic rings. The van der Waals surface area contributed by atoms with Gasteiger partial charge in [-0.3, -0.25) is 24.1 Å². The number of carbonyl (C=O) groups excluding carboxylic acids is 3. The fourth-order valence-corrected chi connectivity index (χ4v) is 4.48. The van der Waals surface area contributed by atoms with Gasteiger partial charge in [-0.15, -0.1) is 0 Å². The molecule has 1 heterocycles. The Morgan fingerprint density at radius 1 is 1.13 bits per heavy atom. The number of thioether (sulfide) groups is 1. The monoisotopic (exact) mass is 440 g/mol. The van der Waals surface area contributed by atoms with Crippen molar-refractivity contribution < 1.29 is 24.3 Å². The molecule has 2 aromatic carbocycles. The van der Waals surface area contributed by atoms with Gasteiger partial charge in [0.1, 0.15) is 12.6 Å².